The Morgan fingerprint density at radius 2 is 2.21 bits per heavy atom. The quantitative estimate of drug-likeness (QED) is 0.561. The van der Waals surface area contributed by atoms with Crippen molar-refractivity contribution in [1.29, 1.82) is 0 Å². The molecule has 0 saturated carbocycles. The van der Waals surface area contributed by atoms with Crippen LogP contribution in [0.5, 0.6) is 0 Å². The molecule has 3 N–H and O–H groups in total. The first-order valence-corrected chi connectivity index (χ1v) is 9.08. The molecule has 1 unspecified atom stereocenters. The first-order chi connectivity index (χ1) is 11.3. The van der Waals surface area contributed by atoms with E-state index in [-0.39, 0.29) is 17.3 Å². The van der Waals surface area contributed by atoms with Gasteiger partial charge in [-0.05, 0) is 18.4 Å². The van der Waals surface area contributed by atoms with Crippen molar-refractivity contribution in [2.75, 3.05) is 0 Å². The van der Waals surface area contributed by atoms with Crippen LogP contribution in [0.3, 0.4) is 0 Å². The minimum Gasteiger partial charge on any atom is -0.480 e. The molecule has 0 aliphatic rings. The van der Waals surface area contributed by atoms with E-state index >= 15 is 0 Å². The number of amides is 1. The van der Waals surface area contributed by atoms with Gasteiger partial charge >= 0.3 is 5.97 Å². The van der Waals surface area contributed by atoms with Crippen molar-refractivity contribution in [3.05, 3.63) is 29.4 Å². The number of rotatable bonds is 8. The number of carbonyl (C=O) groups excluding carboxylic acids is 1. The van der Waals surface area contributed by atoms with Crippen LogP contribution in [0.4, 0.5) is 0 Å². The largest absolute Gasteiger partial charge is 0.480 e. The van der Waals surface area contributed by atoms with Gasteiger partial charge in [0, 0.05) is 0 Å². The number of sulfonamides is 1. The molecule has 24 heavy (non-hydrogen) atoms. The Labute approximate surface area is 141 Å². The van der Waals surface area contributed by atoms with Gasteiger partial charge in [0.15, 0.2) is 0 Å². The van der Waals surface area contributed by atoms with Crippen LogP contribution >= 0.6 is 11.3 Å². The topological polar surface area (TPSA) is 143 Å². The van der Waals surface area contributed by atoms with E-state index in [1.54, 1.807) is 11.4 Å². The highest BCUT2D eigenvalue weighted by Crippen LogP contribution is 2.15. The summed E-state index contributed by atoms with van der Waals surface area (Å²) in [5.74, 6) is -1.60. The molecule has 12 heteroatoms. The van der Waals surface area contributed by atoms with E-state index < -0.39 is 27.9 Å². The fourth-order valence-corrected chi connectivity index (χ4v) is 3.94. The molecule has 2 rings (SSSR count). The molecule has 0 spiro atoms. The molecular weight excluding hydrogens is 358 g/mol. The van der Waals surface area contributed by atoms with Crippen molar-refractivity contribution in [3.8, 4) is 0 Å². The summed E-state index contributed by atoms with van der Waals surface area (Å²) in [6.45, 7) is 1.09. The third-order valence-electron chi connectivity index (χ3n) is 2.81. The summed E-state index contributed by atoms with van der Waals surface area (Å²) in [6.07, 6.45) is 1.38. The highest BCUT2D eigenvalue weighted by atomic mass is 32.2. The molecule has 2 aromatic rings. The summed E-state index contributed by atoms with van der Waals surface area (Å²) in [6, 6.07) is 2.06. The van der Waals surface area contributed by atoms with Crippen molar-refractivity contribution in [2.24, 2.45) is 0 Å². The Bertz CT molecular complexity index is 815. The van der Waals surface area contributed by atoms with Crippen molar-refractivity contribution < 1.29 is 23.1 Å². The van der Waals surface area contributed by atoms with Gasteiger partial charge in [-0.1, -0.05) is 11.3 Å². The first-order valence-electron chi connectivity index (χ1n) is 6.72. The highest BCUT2D eigenvalue weighted by Gasteiger charge is 2.22. The number of hydrogen-bond donors (Lipinski definition) is 3. The number of aromatic nitrogens is 3. The number of aliphatic carboxylic acids is 1. The number of carbonyl (C=O) groups is 2. The minimum atomic E-state index is -3.74. The summed E-state index contributed by atoms with van der Waals surface area (Å²) in [4.78, 5) is 22.5. The van der Waals surface area contributed by atoms with E-state index in [1.165, 1.54) is 19.2 Å². The molecule has 10 nitrogen and oxygen atoms in total. The maximum Gasteiger partial charge on any atom is 0.325 e. The molecule has 1 amide bonds. The van der Waals surface area contributed by atoms with Crippen LogP contribution in [-0.4, -0.2) is 46.4 Å². The van der Waals surface area contributed by atoms with E-state index in [0.29, 0.717) is 5.69 Å². The lowest BCUT2D eigenvalue weighted by Gasteiger charge is -2.13. The summed E-state index contributed by atoms with van der Waals surface area (Å²) < 4.78 is 27.6. The maximum absolute atomic E-state index is 12.0. The Morgan fingerprint density at radius 1 is 1.46 bits per heavy atom. The molecule has 2 aromatic heterocycles. The predicted molar refractivity (Wildman–Crippen MR) is 83.6 cm³/mol. The average Bonchev–Trinajstić information content (AvgIpc) is 3.15. The van der Waals surface area contributed by atoms with Gasteiger partial charge in [-0.15, -0.1) is 16.4 Å². The molecule has 0 fully saturated rings. The number of hydrogen-bond acceptors (Lipinski definition) is 7. The van der Waals surface area contributed by atoms with Crippen LogP contribution in [-0.2, 0) is 32.7 Å². The minimum absolute atomic E-state index is 0.00349. The van der Waals surface area contributed by atoms with Gasteiger partial charge in [0.05, 0.1) is 18.8 Å². The van der Waals surface area contributed by atoms with Crippen LogP contribution in [0.15, 0.2) is 27.9 Å². The number of nitrogens with zero attached hydrogens (tertiary/aromatic N) is 3. The van der Waals surface area contributed by atoms with Crippen molar-refractivity contribution >= 4 is 33.2 Å². The first kappa shape index (κ1) is 18.0. The van der Waals surface area contributed by atoms with Crippen LogP contribution in [0.25, 0.3) is 0 Å². The van der Waals surface area contributed by atoms with E-state index in [0.717, 1.165) is 16.0 Å². The summed E-state index contributed by atoms with van der Waals surface area (Å²) in [5.41, 5.74) is 0.359. The molecule has 2 heterocycles. The second kappa shape index (κ2) is 7.51. The fourth-order valence-electron chi connectivity index (χ4n) is 1.73. The number of nitrogens with one attached hydrogen (secondary N) is 2. The Morgan fingerprint density at radius 3 is 2.83 bits per heavy atom. The van der Waals surface area contributed by atoms with E-state index in [9.17, 15) is 18.0 Å². The molecule has 0 saturated heterocycles. The molecule has 1 atom stereocenters. The van der Waals surface area contributed by atoms with Gasteiger partial charge < -0.3 is 10.4 Å². The van der Waals surface area contributed by atoms with E-state index in [2.05, 4.69) is 20.4 Å². The lowest BCUT2D eigenvalue weighted by molar-refractivity contribution is -0.138. The maximum atomic E-state index is 12.0. The number of carboxylic acid groups (broad SMARTS) is 1. The third kappa shape index (κ3) is 4.84. The summed E-state index contributed by atoms with van der Waals surface area (Å²) in [7, 11) is -3.74. The summed E-state index contributed by atoms with van der Waals surface area (Å²) >= 11 is 1.05. The Kier molecular flexibility index (Phi) is 5.64. The molecule has 0 aromatic carbocycles. The van der Waals surface area contributed by atoms with Gasteiger partial charge in [0.25, 0.3) is 10.0 Å². The third-order valence-corrected chi connectivity index (χ3v) is 5.75. The van der Waals surface area contributed by atoms with Gasteiger partial charge in [0.2, 0.25) is 5.91 Å². The number of carboxylic acids is 1. The second-order valence-electron chi connectivity index (χ2n) is 4.79. The van der Waals surface area contributed by atoms with Crippen LogP contribution in [0.1, 0.15) is 12.6 Å². The molecule has 0 aliphatic carbocycles. The van der Waals surface area contributed by atoms with Gasteiger partial charge in [-0.25, -0.2) is 13.1 Å². The molecule has 130 valence electrons. The van der Waals surface area contributed by atoms with Crippen molar-refractivity contribution in [2.45, 2.75) is 30.3 Å². The molecule has 0 bridgehead atoms. The zero-order chi connectivity index (χ0) is 17.7. The monoisotopic (exact) mass is 373 g/mol. The molecular formula is C12H15N5O5S2. The Hall–Kier alpha value is -2.31. The van der Waals surface area contributed by atoms with Gasteiger partial charge in [-0.2, -0.15) is 4.72 Å². The van der Waals surface area contributed by atoms with Gasteiger partial charge in [-0.3, -0.25) is 9.59 Å². The second-order valence-corrected chi connectivity index (χ2v) is 7.68. The van der Waals surface area contributed by atoms with Crippen LogP contribution in [0.2, 0.25) is 0 Å². The van der Waals surface area contributed by atoms with Crippen LogP contribution in [0, 0.1) is 0 Å². The zero-order valence-corrected chi connectivity index (χ0v) is 14.2. The van der Waals surface area contributed by atoms with Crippen molar-refractivity contribution in [3.63, 3.8) is 0 Å². The smallest absolute Gasteiger partial charge is 0.325 e. The van der Waals surface area contributed by atoms with Crippen LogP contribution < -0.4 is 10.0 Å². The van der Waals surface area contributed by atoms with E-state index in [4.69, 9.17) is 5.11 Å². The van der Waals surface area contributed by atoms with Gasteiger partial charge in [0.1, 0.15) is 16.4 Å². The predicted octanol–water partition coefficient (Wildman–Crippen LogP) is -0.593. The molecule has 0 radical (unpaired) electrons. The standard InChI is InChI=1S/C12H15N5O5S2/c1-8(15-24(21,22)11-3-2-4-23-11)12(20)13-5-9-6-17(16-14-9)7-10(18)19/h2-4,6,8,15H,5,7H2,1H3,(H,13,20)(H,18,19). The SMILES string of the molecule is CC(NS(=O)(=O)c1cccs1)C(=O)NCc1cn(CC(=O)O)nn1. The highest BCUT2D eigenvalue weighted by molar-refractivity contribution is 7.91. The average molecular weight is 373 g/mol. The number of thiophene rings is 1. The molecule has 0 aliphatic heterocycles. The fraction of sp³-hybridized carbons (Fsp3) is 0.333. The lowest BCUT2D eigenvalue weighted by Crippen LogP contribution is -2.44. The zero-order valence-electron chi connectivity index (χ0n) is 12.5. The lowest BCUT2D eigenvalue weighted by atomic mass is 10.3. The normalized spacial score (nSPS) is 12.7. The summed E-state index contributed by atoms with van der Waals surface area (Å²) in [5, 5.41) is 20.1. The Balaban J connectivity index is 1.88. The van der Waals surface area contributed by atoms with Crippen molar-refractivity contribution in [1.82, 2.24) is 25.0 Å². The van der Waals surface area contributed by atoms with E-state index in [1.807, 2.05) is 0 Å².